The largest absolute Gasteiger partial charge is 0.396 e. The number of nitrogen functional groups attached to an aromatic ring is 1. The average molecular weight is 209 g/mol. The Labute approximate surface area is 85.1 Å². The van der Waals surface area contributed by atoms with Crippen molar-refractivity contribution < 1.29 is 8.78 Å². The van der Waals surface area contributed by atoms with E-state index in [1.165, 1.54) is 4.68 Å². The van der Waals surface area contributed by atoms with Crippen LogP contribution in [0.15, 0.2) is 24.4 Å². The first-order valence-electron chi connectivity index (χ1n) is 4.32. The van der Waals surface area contributed by atoms with E-state index in [-0.39, 0.29) is 11.3 Å². The van der Waals surface area contributed by atoms with E-state index in [2.05, 4.69) is 5.10 Å². The summed E-state index contributed by atoms with van der Waals surface area (Å²) in [5.74, 6) is -1.06. The van der Waals surface area contributed by atoms with E-state index >= 15 is 0 Å². The topological polar surface area (TPSA) is 43.8 Å². The predicted octanol–water partition coefficient (Wildman–Crippen LogP) is 1.95. The SMILES string of the molecule is Cn1cc(N)c(-c2cc(F)ccc2F)n1. The van der Waals surface area contributed by atoms with Crippen LogP contribution in [0, 0.1) is 11.6 Å². The van der Waals surface area contributed by atoms with Crippen molar-refractivity contribution in [1.82, 2.24) is 9.78 Å². The summed E-state index contributed by atoms with van der Waals surface area (Å²) in [6, 6.07) is 3.19. The molecule has 0 radical (unpaired) electrons. The molecule has 78 valence electrons. The molecule has 0 atom stereocenters. The van der Waals surface area contributed by atoms with Gasteiger partial charge >= 0.3 is 0 Å². The van der Waals surface area contributed by atoms with Gasteiger partial charge in [0.15, 0.2) is 0 Å². The van der Waals surface area contributed by atoms with Crippen molar-refractivity contribution in [3.8, 4) is 11.3 Å². The lowest BCUT2D eigenvalue weighted by molar-refractivity contribution is 0.602. The third-order valence-corrected chi connectivity index (χ3v) is 2.04. The summed E-state index contributed by atoms with van der Waals surface area (Å²) in [6.07, 6.45) is 1.54. The van der Waals surface area contributed by atoms with Crippen LogP contribution >= 0.6 is 0 Å². The Balaban J connectivity index is 2.62. The minimum Gasteiger partial charge on any atom is -0.396 e. The summed E-state index contributed by atoms with van der Waals surface area (Å²) in [6.45, 7) is 0. The number of hydrogen-bond acceptors (Lipinski definition) is 2. The molecular weight excluding hydrogens is 200 g/mol. The Morgan fingerprint density at radius 1 is 1.33 bits per heavy atom. The van der Waals surface area contributed by atoms with Gasteiger partial charge in [0, 0.05) is 18.8 Å². The third kappa shape index (κ3) is 1.68. The lowest BCUT2D eigenvalue weighted by Gasteiger charge is -2.00. The fourth-order valence-electron chi connectivity index (χ4n) is 1.40. The smallest absolute Gasteiger partial charge is 0.132 e. The number of benzene rings is 1. The molecule has 0 saturated heterocycles. The Morgan fingerprint density at radius 2 is 2.07 bits per heavy atom. The number of aromatic nitrogens is 2. The van der Waals surface area contributed by atoms with Crippen LogP contribution < -0.4 is 5.73 Å². The highest BCUT2D eigenvalue weighted by Crippen LogP contribution is 2.26. The van der Waals surface area contributed by atoms with Crippen LogP contribution in [-0.4, -0.2) is 9.78 Å². The van der Waals surface area contributed by atoms with Crippen LogP contribution in [0.3, 0.4) is 0 Å². The van der Waals surface area contributed by atoms with Crippen molar-refractivity contribution >= 4 is 5.69 Å². The van der Waals surface area contributed by atoms with Crippen LogP contribution in [0.5, 0.6) is 0 Å². The normalized spacial score (nSPS) is 10.6. The van der Waals surface area contributed by atoms with Gasteiger partial charge in [-0.25, -0.2) is 8.78 Å². The van der Waals surface area contributed by atoms with E-state index in [1.54, 1.807) is 13.2 Å². The standard InChI is InChI=1S/C10H9F2N3/c1-15-5-9(13)10(14-15)7-4-6(11)2-3-8(7)12/h2-5H,13H2,1H3. The molecule has 1 heterocycles. The first-order chi connectivity index (χ1) is 7.08. The van der Waals surface area contributed by atoms with Gasteiger partial charge in [0.1, 0.15) is 17.3 Å². The van der Waals surface area contributed by atoms with Gasteiger partial charge in [0.2, 0.25) is 0 Å². The molecule has 1 aromatic carbocycles. The molecule has 0 spiro atoms. The van der Waals surface area contributed by atoms with Crippen molar-refractivity contribution in [1.29, 1.82) is 0 Å². The fraction of sp³-hybridized carbons (Fsp3) is 0.100. The van der Waals surface area contributed by atoms with Gasteiger partial charge in [-0.2, -0.15) is 5.10 Å². The third-order valence-electron chi connectivity index (χ3n) is 2.04. The van der Waals surface area contributed by atoms with Crippen LogP contribution in [0.1, 0.15) is 0 Å². The van der Waals surface area contributed by atoms with Crippen LogP contribution in [0.25, 0.3) is 11.3 Å². The van der Waals surface area contributed by atoms with Gasteiger partial charge in [-0.15, -0.1) is 0 Å². The average Bonchev–Trinajstić information content (AvgIpc) is 2.50. The Morgan fingerprint density at radius 3 is 2.67 bits per heavy atom. The van der Waals surface area contributed by atoms with Crippen molar-refractivity contribution in [2.45, 2.75) is 0 Å². The van der Waals surface area contributed by atoms with Gasteiger partial charge in [-0.3, -0.25) is 4.68 Å². The van der Waals surface area contributed by atoms with Gasteiger partial charge in [0.05, 0.1) is 5.69 Å². The molecule has 0 saturated carbocycles. The molecule has 0 amide bonds. The second kappa shape index (κ2) is 3.34. The van der Waals surface area contributed by atoms with Crippen molar-refractivity contribution in [3.63, 3.8) is 0 Å². The number of nitrogens with two attached hydrogens (primary N) is 1. The Hall–Kier alpha value is -1.91. The van der Waals surface area contributed by atoms with Gasteiger partial charge in [-0.05, 0) is 18.2 Å². The van der Waals surface area contributed by atoms with Crippen molar-refractivity contribution in [2.24, 2.45) is 7.05 Å². The summed E-state index contributed by atoms with van der Waals surface area (Å²) in [7, 11) is 1.66. The number of anilines is 1. The highest BCUT2D eigenvalue weighted by molar-refractivity contribution is 5.72. The van der Waals surface area contributed by atoms with Crippen LogP contribution in [-0.2, 0) is 7.05 Å². The van der Waals surface area contributed by atoms with Crippen molar-refractivity contribution in [2.75, 3.05) is 5.73 Å². The number of rotatable bonds is 1. The molecular formula is C10H9F2N3. The lowest BCUT2D eigenvalue weighted by atomic mass is 10.1. The number of aryl methyl sites for hydroxylation is 1. The molecule has 0 aliphatic rings. The second-order valence-corrected chi connectivity index (χ2v) is 3.23. The summed E-state index contributed by atoms with van der Waals surface area (Å²) in [5.41, 5.74) is 6.28. The molecule has 15 heavy (non-hydrogen) atoms. The highest BCUT2D eigenvalue weighted by Gasteiger charge is 2.12. The minimum absolute atomic E-state index is 0.0769. The Bertz CT molecular complexity index is 505. The molecule has 2 N–H and O–H groups in total. The molecule has 0 aliphatic heterocycles. The molecule has 1 aromatic heterocycles. The zero-order valence-electron chi connectivity index (χ0n) is 8.04. The molecule has 2 rings (SSSR count). The van der Waals surface area contributed by atoms with E-state index in [9.17, 15) is 8.78 Å². The molecule has 0 aliphatic carbocycles. The van der Waals surface area contributed by atoms with E-state index in [4.69, 9.17) is 5.73 Å². The molecule has 5 heteroatoms. The maximum absolute atomic E-state index is 13.4. The zero-order valence-corrected chi connectivity index (χ0v) is 8.04. The number of hydrogen-bond donors (Lipinski definition) is 1. The van der Waals surface area contributed by atoms with E-state index in [0.717, 1.165) is 18.2 Å². The lowest BCUT2D eigenvalue weighted by Crippen LogP contribution is -1.92. The maximum atomic E-state index is 13.4. The molecule has 2 aromatic rings. The van der Waals surface area contributed by atoms with Gasteiger partial charge in [-0.1, -0.05) is 0 Å². The first-order valence-corrected chi connectivity index (χ1v) is 4.32. The van der Waals surface area contributed by atoms with Gasteiger partial charge < -0.3 is 5.73 Å². The predicted molar refractivity (Wildman–Crippen MR) is 53.0 cm³/mol. The minimum atomic E-state index is -0.540. The summed E-state index contributed by atoms with van der Waals surface area (Å²) in [5, 5.41) is 3.97. The van der Waals surface area contributed by atoms with Crippen LogP contribution in [0.4, 0.5) is 14.5 Å². The fourth-order valence-corrected chi connectivity index (χ4v) is 1.40. The molecule has 0 unspecified atom stereocenters. The Kier molecular flexibility index (Phi) is 2.15. The molecule has 0 fully saturated rings. The highest BCUT2D eigenvalue weighted by atomic mass is 19.1. The quantitative estimate of drug-likeness (QED) is 0.780. The second-order valence-electron chi connectivity index (χ2n) is 3.23. The monoisotopic (exact) mass is 209 g/mol. The summed E-state index contributed by atoms with van der Waals surface area (Å²) < 4.78 is 27.8. The number of halogens is 2. The van der Waals surface area contributed by atoms with Crippen molar-refractivity contribution in [3.05, 3.63) is 36.0 Å². The van der Waals surface area contributed by atoms with Crippen LogP contribution in [0.2, 0.25) is 0 Å². The first kappa shape index (κ1) is 9.64. The summed E-state index contributed by atoms with van der Waals surface area (Å²) in [4.78, 5) is 0. The maximum Gasteiger partial charge on any atom is 0.132 e. The zero-order chi connectivity index (χ0) is 11.0. The van der Waals surface area contributed by atoms with E-state index < -0.39 is 11.6 Å². The molecule has 3 nitrogen and oxygen atoms in total. The summed E-state index contributed by atoms with van der Waals surface area (Å²) >= 11 is 0. The van der Waals surface area contributed by atoms with E-state index in [1.807, 2.05) is 0 Å². The van der Waals surface area contributed by atoms with E-state index in [0.29, 0.717) is 5.69 Å². The number of nitrogens with zero attached hydrogens (tertiary/aromatic N) is 2. The molecule has 0 bridgehead atoms. The van der Waals surface area contributed by atoms with Gasteiger partial charge in [0.25, 0.3) is 0 Å².